The number of hydrogen-bond donors (Lipinski definition) is 0. The summed E-state index contributed by atoms with van der Waals surface area (Å²) in [7, 11) is -0.378. The van der Waals surface area contributed by atoms with Crippen molar-refractivity contribution < 1.29 is 27.4 Å². The molecular formula is C20H32N2O6S. The Balaban J connectivity index is 1.98. The first-order valence-corrected chi connectivity index (χ1v) is 11.4. The van der Waals surface area contributed by atoms with Crippen LogP contribution < -0.4 is 4.74 Å². The van der Waals surface area contributed by atoms with E-state index in [9.17, 15) is 13.2 Å². The average molecular weight is 429 g/mol. The minimum absolute atomic E-state index is 0.0391. The monoisotopic (exact) mass is 428 g/mol. The highest BCUT2D eigenvalue weighted by atomic mass is 32.2. The van der Waals surface area contributed by atoms with E-state index < -0.39 is 10.0 Å². The molecule has 1 fully saturated rings. The fourth-order valence-electron chi connectivity index (χ4n) is 3.36. The highest BCUT2D eigenvalue weighted by Crippen LogP contribution is 2.26. The maximum atomic E-state index is 12.9. The molecule has 0 bridgehead atoms. The molecule has 0 atom stereocenters. The van der Waals surface area contributed by atoms with Gasteiger partial charge in [0.1, 0.15) is 5.75 Å². The first-order valence-electron chi connectivity index (χ1n) is 9.93. The standard InChI is InChI=1S/C20H32N2O6S/c1-4-28-18-5-7-19(8-6-18)29(24,25)22-11-9-17(10-12-22)20(23)21(13-15-26-2)14-16-27-3/h5-8,17H,4,9-16H2,1-3H3. The molecule has 8 nitrogen and oxygen atoms in total. The molecule has 0 saturated carbocycles. The Hall–Kier alpha value is -1.68. The van der Waals surface area contributed by atoms with Crippen molar-refractivity contribution in [2.75, 3.05) is 60.2 Å². The van der Waals surface area contributed by atoms with Crippen LogP contribution in [0.3, 0.4) is 0 Å². The number of nitrogens with zero attached hydrogens (tertiary/aromatic N) is 2. The molecule has 0 radical (unpaired) electrons. The van der Waals surface area contributed by atoms with E-state index in [1.807, 2.05) is 6.92 Å². The van der Waals surface area contributed by atoms with Crippen molar-refractivity contribution in [1.82, 2.24) is 9.21 Å². The molecule has 9 heteroatoms. The molecule has 0 aliphatic carbocycles. The number of carbonyl (C=O) groups excluding carboxylic acids is 1. The van der Waals surface area contributed by atoms with E-state index in [0.29, 0.717) is 64.6 Å². The SMILES string of the molecule is CCOc1ccc(S(=O)(=O)N2CCC(C(=O)N(CCOC)CCOC)CC2)cc1. The zero-order chi connectivity index (χ0) is 21.3. The van der Waals surface area contributed by atoms with E-state index in [1.165, 1.54) is 4.31 Å². The number of sulfonamides is 1. The van der Waals surface area contributed by atoms with Gasteiger partial charge < -0.3 is 19.1 Å². The van der Waals surface area contributed by atoms with Crippen molar-refractivity contribution >= 4 is 15.9 Å². The molecule has 0 N–H and O–H groups in total. The van der Waals surface area contributed by atoms with Crippen LogP contribution in [0, 0.1) is 5.92 Å². The first kappa shape index (κ1) is 23.6. The molecule has 1 amide bonds. The van der Waals surface area contributed by atoms with Crippen molar-refractivity contribution in [2.24, 2.45) is 5.92 Å². The number of carbonyl (C=O) groups is 1. The highest BCUT2D eigenvalue weighted by molar-refractivity contribution is 7.89. The lowest BCUT2D eigenvalue weighted by molar-refractivity contribution is -0.138. The Labute approximate surface area is 173 Å². The van der Waals surface area contributed by atoms with Crippen molar-refractivity contribution in [3.05, 3.63) is 24.3 Å². The molecular weight excluding hydrogens is 396 g/mol. The molecule has 1 aromatic rings. The van der Waals surface area contributed by atoms with Gasteiger partial charge in [0.05, 0.1) is 24.7 Å². The van der Waals surface area contributed by atoms with Gasteiger partial charge in [-0.15, -0.1) is 0 Å². The fraction of sp³-hybridized carbons (Fsp3) is 0.650. The minimum Gasteiger partial charge on any atom is -0.494 e. The third-order valence-electron chi connectivity index (χ3n) is 5.02. The van der Waals surface area contributed by atoms with Gasteiger partial charge in [0, 0.05) is 46.3 Å². The topological polar surface area (TPSA) is 85.4 Å². The zero-order valence-electron chi connectivity index (χ0n) is 17.5. The molecule has 0 spiro atoms. The van der Waals surface area contributed by atoms with Gasteiger partial charge in [0.15, 0.2) is 0 Å². The van der Waals surface area contributed by atoms with Crippen LogP contribution in [0.2, 0.25) is 0 Å². The molecule has 0 unspecified atom stereocenters. The number of benzene rings is 1. The van der Waals surface area contributed by atoms with Crippen molar-refractivity contribution in [2.45, 2.75) is 24.7 Å². The van der Waals surface area contributed by atoms with E-state index in [2.05, 4.69) is 0 Å². The summed E-state index contributed by atoms with van der Waals surface area (Å²) in [5.41, 5.74) is 0. The van der Waals surface area contributed by atoms with Crippen LogP contribution in [-0.4, -0.2) is 83.7 Å². The van der Waals surface area contributed by atoms with E-state index in [4.69, 9.17) is 14.2 Å². The van der Waals surface area contributed by atoms with Crippen molar-refractivity contribution in [3.8, 4) is 5.75 Å². The quantitative estimate of drug-likeness (QED) is 0.532. The van der Waals surface area contributed by atoms with E-state index in [1.54, 1.807) is 43.4 Å². The molecule has 164 valence electrons. The van der Waals surface area contributed by atoms with E-state index in [0.717, 1.165) is 0 Å². The molecule has 2 rings (SSSR count). The molecule has 0 aromatic heterocycles. The Bertz CT molecular complexity index is 722. The summed E-state index contributed by atoms with van der Waals surface area (Å²) in [6, 6.07) is 6.45. The molecule has 1 heterocycles. The highest BCUT2D eigenvalue weighted by Gasteiger charge is 2.33. The van der Waals surface area contributed by atoms with E-state index >= 15 is 0 Å². The van der Waals surface area contributed by atoms with Crippen LogP contribution in [0.15, 0.2) is 29.2 Å². The van der Waals surface area contributed by atoms with E-state index in [-0.39, 0.29) is 16.7 Å². The summed E-state index contributed by atoms with van der Waals surface area (Å²) in [6.45, 7) is 4.98. The third-order valence-corrected chi connectivity index (χ3v) is 6.93. The summed E-state index contributed by atoms with van der Waals surface area (Å²) in [5.74, 6) is 0.496. The molecule has 1 aliphatic heterocycles. The first-order chi connectivity index (χ1) is 13.9. The number of ether oxygens (including phenoxy) is 3. The maximum absolute atomic E-state index is 12.9. The van der Waals surface area contributed by atoms with Crippen LogP contribution in [0.4, 0.5) is 0 Å². The number of hydrogen-bond acceptors (Lipinski definition) is 6. The average Bonchev–Trinajstić information content (AvgIpc) is 2.74. The summed E-state index contributed by atoms with van der Waals surface area (Å²) >= 11 is 0. The lowest BCUT2D eigenvalue weighted by atomic mass is 9.96. The Morgan fingerprint density at radius 2 is 1.62 bits per heavy atom. The Morgan fingerprint density at radius 3 is 2.10 bits per heavy atom. The second-order valence-corrected chi connectivity index (χ2v) is 8.83. The normalized spacial score (nSPS) is 16.0. The number of rotatable bonds is 11. The van der Waals surface area contributed by atoms with Gasteiger partial charge in [-0.2, -0.15) is 4.31 Å². The Kier molecular flexibility index (Phi) is 9.35. The molecule has 1 aromatic carbocycles. The summed E-state index contributed by atoms with van der Waals surface area (Å²) < 4.78 is 42.8. The van der Waals surface area contributed by atoms with Crippen molar-refractivity contribution in [1.29, 1.82) is 0 Å². The largest absolute Gasteiger partial charge is 0.494 e. The second-order valence-electron chi connectivity index (χ2n) is 6.89. The van der Waals surface area contributed by atoms with Gasteiger partial charge in [-0.3, -0.25) is 4.79 Å². The van der Waals surface area contributed by atoms with Crippen LogP contribution in [0.5, 0.6) is 5.75 Å². The fourth-order valence-corrected chi connectivity index (χ4v) is 4.83. The lowest BCUT2D eigenvalue weighted by Crippen LogP contribution is -2.46. The lowest BCUT2D eigenvalue weighted by Gasteiger charge is -2.33. The third kappa shape index (κ3) is 6.40. The maximum Gasteiger partial charge on any atom is 0.243 e. The molecule has 29 heavy (non-hydrogen) atoms. The summed E-state index contributed by atoms with van der Waals surface area (Å²) in [4.78, 5) is 14.9. The predicted octanol–water partition coefficient (Wildman–Crippen LogP) is 1.61. The van der Waals surface area contributed by atoms with Gasteiger partial charge in [-0.1, -0.05) is 0 Å². The van der Waals surface area contributed by atoms with Crippen LogP contribution >= 0.6 is 0 Å². The number of amides is 1. The Morgan fingerprint density at radius 1 is 1.07 bits per heavy atom. The zero-order valence-corrected chi connectivity index (χ0v) is 18.3. The predicted molar refractivity (Wildman–Crippen MR) is 109 cm³/mol. The van der Waals surface area contributed by atoms with Gasteiger partial charge in [0.2, 0.25) is 15.9 Å². The number of piperidine rings is 1. The molecule has 1 saturated heterocycles. The minimum atomic E-state index is -3.58. The van der Waals surface area contributed by atoms with Gasteiger partial charge in [-0.05, 0) is 44.0 Å². The number of methoxy groups -OCH3 is 2. The van der Waals surface area contributed by atoms with Gasteiger partial charge >= 0.3 is 0 Å². The van der Waals surface area contributed by atoms with Gasteiger partial charge in [-0.25, -0.2) is 8.42 Å². The smallest absolute Gasteiger partial charge is 0.243 e. The van der Waals surface area contributed by atoms with Crippen LogP contribution in [0.25, 0.3) is 0 Å². The van der Waals surface area contributed by atoms with Crippen molar-refractivity contribution in [3.63, 3.8) is 0 Å². The summed E-state index contributed by atoms with van der Waals surface area (Å²) in [5, 5.41) is 0. The molecule has 1 aliphatic rings. The summed E-state index contributed by atoms with van der Waals surface area (Å²) in [6.07, 6.45) is 1.01. The van der Waals surface area contributed by atoms with Gasteiger partial charge in [0.25, 0.3) is 0 Å². The second kappa shape index (κ2) is 11.5. The van der Waals surface area contributed by atoms with Crippen LogP contribution in [-0.2, 0) is 24.3 Å². The van der Waals surface area contributed by atoms with Crippen LogP contribution in [0.1, 0.15) is 19.8 Å².